The first kappa shape index (κ1) is 21.3. The van der Waals surface area contributed by atoms with E-state index in [9.17, 15) is 14.4 Å². The van der Waals surface area contributed by atoms with E-state index in [1.165, 1.54) is 31.0 Å². The molecule has 0 aliphatic rings. The molecule has 32 heavy (non-hydrogen) atoms. The smallest absolute Gasteiger partial charge is 0.332 e. The lowest BCUT2D eigenvalue weighted by Crippen LogP contribution is -2.42. The minimum atomic E-state index is -0.673. The van der Waals surface area contributed by atoms with Crippen molar-refractivity contribution in [3.63, 3.8) is 0 Å². The standard InChI is InChI=1S/C22H18ClN5O4/c1-27-20-15(11-24-19(26-20)13-6-4-3-5-7-13)21(30)28(22(27)31)12-18(29)25-16-10-14(23)8-9-17(16)32-2/h3-11H,12H2,1-2H3,(H,25,29). The highest BCUT2D eigenvalue weighted by atomic mass is 35.5. The maximum atomic E-state index is 13.0. The molecule has 0 aliphatic carbocycles. The molecule has 0 saturated carbocycles. The van der Waals surface area contributed by atoms with E-state index in [1.54, 1.807) is 12.1 Å². The number of hydrogen-bond acceptors (Lipinski definition) is 6. The highest BCUT2D eigenvalue weighted by molar-refractivity contribution is 6.31. The maximum Gasteiger partial charge on any atom is 0.332 e. The third-order valence-corrected chi connectivity index (χ3v) is 5.08. The quantitative estimate of drug-likeness (QED) is 0.499. The zero-order chi connectivity index (χ0) is 22.8. The number of carbonyl (C=O) groups is 1. The van der Waals surface area contributed by atoms with E-state index in [0.29, 0.717) is 22.3 Å². The van der Waals surface area contributed by atoms with Gasteiger partial charge in [0.1, 0.15) is 17.7 Å². The molecular weight excluding hydrogens is 434 g/mol. The van der Waals surface area contributed by atoms with Crippen LogP contribution in [0.25, 0.3) is 22.4 Å². The number of fused-ring (bicyclic) bond motifs is 1. The van der Waals surface area contributed by atoms with Gasteiger partial charge < -0.3 is 10.1 Å². The van der Waals surface area contributed by atoms with Crippen LogP contribution in [0.5, 0.6) is 5.75 Å². The third kappa shape index (κ3) is 3.97. The average molecular weight is 452 g/mol. The van der Waals surface area contributed by atoms with Crippen molar-refractivity contribution >= 4 is 34.2 Å². The number of rotatable bonds is 5. The Balaban J connectivity index is 1.71. The molecule has 162 valence electrons. The topological polar surface area (TPSA) is 108 Å². The van der Waals surface area contributed by atoms with E-state index in [2.05, 4.69) is 15.3 Å². The lowest BCUT2D eigenvalue weighted by molar-refractivity contribution is -0.116. The molecule has 0 spiro atoms. The molecule has 2 heterocycles. The van der Waals surface area contributed by atoms with Crippen LogP contribution in [0.1, 0.15) is 0 Å². The molecule has 2 aromatic carbocycles. The van der Waals surface area contributed by atoms with Crippen molar-refractivity contribution in [1.29, 1.82) is 0 Å². The summed E-state index contributed by atoms with van der Waals surface area (Å²) in [5.41, 5.74) is -0.0706. The summed E-state index contributed by atoms with van der Waals surface area (Å²) in [4.78, 5) is 47.1. The number of hydrogen-bond donors (Lipinski definition) is 1. The summed E-state index contributed by atoms with van der Waals surface area (Å²) in [5, 5.41) is 3.14. The molecule has 2 aromatic heterocycles. The Labute approximate surface area is 186 Å². The Morgan fingerprint density at radius 3 is 2.62 bits per heavy atom. The van der Waals surface area contributed by atoms with Crippen LogP contribution in [-0.2, 0) is 18.4 Å². The lowest BCUT2D eigenvalue weighted by atomic mass is 10.2. The monoisotopic (exact) mass is 451 g/mol. The second kappa shape index (κ2) is 8.64. The fourth-order valence-corrected chi connectivity index (χ4v) is 3.43. The predicted molar refractivity (Wildman–Crippen MR) is 121 cm³/mol. The molecule has 0 bridgehead atoms. The Kier molecular flexibility index (Phi) is 5.74. The van der Waals surface area contributed by atoms with Gasteiger partial charge in [0.15, 0.2) is 11.5 Å². The number of methoxy groups -OCH3 is 1. The molecule has 0 aliphatic heterocycles. The lowest BCUT2D eigenvalue weighted by Gasteiger charge is -2.13. The van der Waals surface area contributed by atoms with Crippen LogP contribution in [0.15, 0.2) is 64.3 Å². The van der Waals surface area contributed by atoms with Gasteiger partial charge in [-0.1, -0.05) is 41.9 Å². The molecule has 0 unspecified atom stereocenters. The van der Waals surface area contributed by atoms with Gasteiger partial charge in [-0.3, -0.25) is 18.7 Å². The number of nitrogens with one attached hydrogen (secondary N) is 1. The molecule has 9 nitrogen and oxygen atoms in total. The molecule has 10 heteroatoms. The normalized spacial score (nSPS) is 10.8. The number of anilines is 1. The van der Waals surface area contributed by atoms with Crippen LogP contribution in [0.2, 0.25) is 5.02 Å². The summed E-state index contributed by atoms with van der Waals surface area (Å²) in [6.07, 6.45) is 1.36. The number of aryl methyl sites for hydroxylation is 1. The molecule has 4 rings (SSSR count). The van der Waals surface area contributed by atoms with Gasteiger partial charge in [-0.25, -0.2) is 14.8 Å². The number of nitrogens with zero attached hydrogens (tertiary/aromatic N) is 4. The first-order chi connectivity index (χ1) is 15.4. The zero-order valence-corrected chi connectivity index (χ0v) is 18.0. The van der Waals surface area contributed by atoms with E-state index in [1.807, 2.05) is 30.3 Å². The van der Waals surface area contributed by atoms with Crippen molar-refractivity contribution in [2.24, 2.45) is 7.05 Å². The third-order valence-electron chi connectivity index (χ3n) is 4.85. The Hall–Kier alpha value is -3.98. The maximum absolute atomic E-state index is 13.0. The molecule has 0 saturated heterocycles. The molecular formula is C22H18ClN5O4. The van der Waals surface area contributed by atoms with Gasteiger partial charge in [0.05, 0.1) is 12.8 Å². The SMILES string of the molecule is COc1ccc(Cl)cc1NC(=O)Cn1c(=O)c2cnc(-c3ccccc3)nc2n(C)c1=O. The van der Waals surface area contributed by atoms with Crippen molar-refractivity contribution in [3.8, 4) is 17.1 Å². The molecule has 1 amide bonds. The van der Waals surface area contributed by atoms with Crippen LogP contribution in [-0.4, -0.2) is 32.1 Å². The largest absolute Gasteiger partial charge is 0.495 e. The number of carbonyl (C=O) groups excluding carboxylic acids is 1. The van der Waals surface area contributed by atoms with Crippen LogP contribution < -0.4 is 21.3 Å². The number of benzene rings is 2. The van der Waals surface area contributed by atoms with Crippen molar-refractivity contribution in [1.82, 2.24) is 19.1 Å². The Morgan fingerprint density at radius 1 is 1.16 bits per heavy atom. The minimum absolute atomic E-state index is 0.125. The van der Waals surface area contributed by atoms with Crippen molar-refractivity contribution in [3.05, 3.63) is 80.6 Å². The predicted octanol–water partition coefficient (Wildman–Crippen LogP) is 2.46. The first-order valence-electron chi connectivity index (χ1n) is 9.54. The number of aromatic nitrogens is 4. The van der Waals surface area contributed by atoms with Crippen molar-refractivity contribution in [2.45, 2.75) is 6.54 Å². The van der Waals surface area contributed by atoms with Gasteiger partial charge in [-0.05, 0) is 18.2 Å². The first-order valence-corrected chi connectivity index (χ1v) is 9.92. The van der Waals surface area contributed by atoms with E-state index >= 15 is 0 Å². The summed E-state index contributed by atoms with van der Waals surface area (Å²) in [7, 11) is 2.94. The van der Waals surface area contributed by atoms with Gasteiger partial charge in [0, 0.05) is 23.8 Å². The van der Waals surface area contributed by atoms with Gasteiger partial charge in [-0.15, -0.1) is 0 Å². The second-order valence-corrected chi connectivity index (χ2v) is 7.36. The van der Waals surface area contributed by atoms with E-state index < -0.39 is 23.7 Å². The summed E-state index contributed by atoms with van der Waals surface area (Å²) in [6, 6.07) is 13.9. The molecule has 0 radical (unpaired) electrons. The van der Waals surface area contributed by atoms with Crippen LogP contribution in [0.4, 0.5) is 5.69 Å². The highest BCUT2D eigenvalue weighted by Gasteiger charge is 2.17. The average Bonchev–Trinajstić information content (AvgIpc) is 2.81. The summed E-state index contributed by atoms with van der Waals surface area (Å²) in [5.74, 6) is 0.185. The van der Waals surface area contributed by atoms with E-state index in [4.69, 9.17) is 16.3 Å². The van der Waals surface area contributed by atoms with Gasteiger partial charge in [-0.2, -0.15) is 0 Å². The Morgan fingerprint density at radius 2 is 1.91 bits per heavy atom. The molecule has 4 aromatic rings. The van der Waals surface area contributed by atoms with Crippen molar-refractivity contribution < 1.29 is 9.53 Å². The van der Waals surface area contributed by atoms with E-state index in [0.717, 1.165) is 10.1 Å². The van der Waals surface area contributed by atoms with Crippen LogP contribution in [0, 0.1) is 0 Å². The molecule has 0 fully saturated rings. The summed E-state index contributed by atoms with van der Waals surface area (Å²) in [6.45, 7) is -0.502. The highest BCUT2D eigenvalue weighted by Crippen LogP contribution is 2.27. The van der Waals surface area contributed by atoms with Crippen molar-refractivity contribution in [2.75, 3.05) is 12.4 Å². The molecule has 0 atom stereocenters. The van der Waals surface area contributed by atoms with E-state index in [-0.39, 0.29) is 11.0 Å². The minimum Gasteiger partial charge on any atom is -0.495 e. The number of halogens is 1. The second-order valence-electron chi connectivity index (χ2n) is 6.92. The Bertz CT molecular complexity index is 1450. The van der Waals surface area contributed by atoms with Gasteiger partial charge in [0.25, 0.3) is 5.56 Å². The number of ether oxygens (including phenoxy) is 1. The number of amides is 1. The fraction of sp³-hybridized carbons (Fsp3) is 0.136. The van der Waals surface area contributed by atoms with Gasteiger partial charge in [0.2, 0.25) is 5.91 Å². The van der Waals surface area contributed by atoms with Gasteiger partial charge >= 0.3 is 5.69 Å². The fourth-order valence-electron chi connectivity index (χ4n) is 3.26. The zero-order valence-electron chi connectivity index (χ0n) is 17.2. The van der Waals surface area contributed by atoms with Crippen LogP contribution in [0.3, 0.4) is 0 Å². The molecule has 1 N–H and O–H groups in total. The summed E-state index contributed by atoms with van der Waals surface area (Å²) < 4.78 is 7.25. The summed E-state index contributed by atoms with van der Waals surface area (Å²) >= 11 is 5.98. The van der Waals surface area contributed by atoms with Crippen LogP contribution >= 0.6 is 11.6 Å².